The predicted molar refractivity (Wildman–Crippen MR) is 43.5 cm³/mol. The van der Waals surface area contributed by atoms with Crippen LogP contribution in [0.3, 0.4) is 0 Å². The summed E-state index contributed by atoms with van der Waals surface area (Å²) in [4.78, 5) is 0. The minimum Gasteiger partial charge on any atom is -0.386 e. The van der Waals surface area contributed by atoms with E-state index in [1.807, 2.05) is 13.8 Å². The molecule has 0 heterocycles. The van der Waals surface area contributed by atoms with Crippen LogP contribution in [-0.4, -0.2) is 10.7 Å². The first kappa shape index (κ1) is 9.26. The summed E-state index contributed by atoms with van der Waals surface area (Å²) < 4.78 is 0. The molecule has 0 aliphatic rings. The van der Waals surface area contributed by atoms with Gasteiger partial charge in [0.15, 0.2) is 0 Å². The van der Waals surface area contributed by atoms with Gasteiger partial charge in [-0.05, 0) is 33.3 Å². The average molecular weight is 138 g/mol. The second-order valence-electron chi connectivity index (χ2n) is 2.95. The van der Waals surface area contributed by atoms with Crippen molar-refractivity contribution < 1.29 is 5.11 Å². The Kier molecular flexibility index (Phi) is 2.68. The molecule has 1 heteroatoms. The van der Waals surface area contributed by atoms with Crippen molar-refractivity contribution in [2.24, 2.45) is 0 Å². The van der Waals surface area contributed by atoms with Gasteiger partial charge in [-0.1, -0.05) is 5.92 Å². The van der Waals surface area contributed by atoms with Crippen molar-refractivity contribution in [2.45, 2.75) is 33.3 Å². The quantitative estimate of drug-likeness (QED) is 0.547. The van der Waals surface area contributed by atoms with Crippen molar-refractivity contribution in [1.29, 1.82) is 0 Å². The standard InChI is InChI=1S/C9H14O/c1-6-7(2)8(3)9(4,5)10/h1,10H,2-5H3/b8-7-. The van der Waals surface area contributed by atoms with Gasteiger partial charge in [-0.25, -0.2) is 0 Å². The molecule has 0 unspecified atom stereocenters. The number of hydrogen-bond donors (Lipinski definition) is 1. The van der Waals surface area contributed by atoms with Crippen molar-refractivity contribution in [2.75, 3.05) is 0 Å². The summed E-state index contributed by atoms with van der Waals surface area (Å²) in [6.07, 6.45) is 5.15. The molecule has 0 fully saturated rings. The first-order valence-corrected chi connectivity index (χ1v) is 3.26. The molecule has 0 amide bonds. The van der Waals surface area contributed by atoms with Crippen LogP contribution in [-0.2, 0) is 0 Å². The zero-order chi connectivity index (χ0) is 8.36. The number of allylic oxidation sites excluding steroid dienone is 1. The summed E-state index contributed by atoms with van der Waals surface area (Å²) in [7, 11) is 0. The third-order valence-corrected chi connectivity index (χ3v) is 1.70. The topological polar surface area (TPSA) is 20.2 Å². The molecule has 0 aromatic rings. The maximum absolute atomic E-state index is 9.43. The molecule has 0 aromatic carbocycles. The number of terminal acetylenes is 1. The lowest BCUT2D eigenvalue weighted by Gasteiger charge is -2.19. The smallest absolute Gasteiger partial charge is 0.0809 e. The zero-order valence-corrected chi connectivity index (χ0v) is 7.02. The minimum absolute atomic E-state index is 0.781. The van der Waals surface area contributed by atoms with E-state index in [4.69, 9.17) is 6.42 Å². The van der Waals surface area contributed by atoms with E-state index in [9.17, 15) is 5.11 Å². The third kappa shape index (κ3) is 2.24. The van der Waals surface area contributed by atoms with Gasteiger partial charge in [0.1, 0.15) is 0 Å². The molecule has 0 spiro atoms. The highest BCUT2D eigenvalue weighted by Gasteiger charge is 2.16. The molecule has 0 saturated heterocycles. The fourth-order valence-corrected chi connectivity index (χ4v) is 0.567. The molecule has 56 valence electrons. The fourth-order valence-electron chi connectivity index (χ4n) is 0.567. The monoisotopic (exact) mass is 138 g/mol. The van der Waals surface area contributed by atoms with Crippen LogP contribution in [0.5, 0.6) is 0 Å². The molecule has 0 aliphatic heterocycles. The second-order valence-corrected chi connectivity index (χ2v) is 2.95. The lowest BCUT2D eigenvalue weighted by atomic mass is 9.96. The molecule has 10 heavy (non-hydrogen) atoms. The van der Waals surface area contributed by atoms with Crippen LogP contribution in [0, 0.1) is 12.3 Å². The Labute approximate surface area is 62.8 Å². The largest absolute Gasteiger partial charge is 0.386 e. The summed E-state index contributed by atoms with van der Waals surface area (Å²) >= 11 is 0. The average Bonchev–Trinajstić information content (AvgIpc) is 1.83. The number of aliphatic hydroxyl groups is 1. The Bertz CT molecular complexity index is 186. The zero-order valence-electron chi connectivity index (χ0n) is 7.02. The van der Waals surface area contributed by atoms with Gasteiger partial charge in [-0.2, -0.15) is 0 Å². The highest BCUT2D eigenvalue weighted by molar-refractivity contribution is 5.31. The van der Waals surface area contributed by atoms with Crippen molar-refractivity contribution in [3.05, 3.63) is 11.1 Å². The van der Waals surface area contributed by atoms with Gasteiger partial charge in [0, 0.05) is 5.57 Å². The highest BCUT2D eigenvalue weighted by atomic mass is 16.3. The van der Waals surface area contributed by atoms with E-state index < -0.39 is 5.60 Å². The molecular formula is C9H14O. The molecule has 0 rings (SSSR count). The van der Waals surface area contributed by atoms with Crippen LogP contribution in [0.25, 0.3) is 0 Å². The Morgan fingerprint density at radius 3 is 1.90 bits per heavy atom. The van der Waals surface area contributed by atoms with Crippen LogP contribution in [0.4, 0.5) is 0 Å². The Morgan fingerprint density at radius 2 is 1.80 bits per heavy atom. The summed E-state index contributed by atoms with van der Waals surface area (Å²) in [6, 6.07) is 0. The molecule has 1 N–H and O–H groups in total. The van der Waals surface area contributed by atoms with E-state index in [0.717, 1.165) is 11.1 Å². The Balaban J connectivity index is 4.69. The first-order chi connectivity index (χ1) is 4.39. The maximum Gasteiger partial charge on any atom is 0.0809 e. The van der Waals surface area contributed by atoms with Crippen molar-refractivity contribution in [3.63, 3.8) is 0 Å². The summed E-state index contributed by atoms with van der Waals surface area (Å²) in [5.74, 6) is 2.49. The normalized spacial score (nSPS) is 14.0. The van der Waals surface area contributed by atoms with Crippen molar-refractivity contribution in [1.82, 2.24) is 0 Å². The Hall–Kier alpha value is -0.740. The second kappa shape index (κ2) is 2.90. The Morgan fingerprint density at radius 1 is 1.40 bits per heavy atom. The van der Waals surface area contributed by atoms with Crippen molar-refractivity contribution in [3.8, 4) is 12.3 Å². The van der Waals surface area contributed by atoms with Crippen LogP contribution in [0.1, 0.15) is 27.7 Å². The van der Waals surface area contributed by atoms with Crippen LogP contribution in [0.15, 0.2) is 11.1 Å². The molecule has 0 bridgehead atoms. The van der Waals surface area contributed by atoms with Crippen LogP contribution < -0.4 is 0 Å². The minimum atomic E-state index is -0.781. The van der Waals surface area contributed by atoms with Gasteiger partial charge in [-0.15, -0.1) is 6.42 Å². The highest BCUT2D eigenvalue weighted by Crippen LogP contribution is 2.17. The summed E-state index contributed by atoms with van der Waals surface area (Å²) in [5.41, 5.74) is 0.888. The SMILES string of the molecule is C#C/C(C)=C(/C)C(C)(C)O. The number of hydrogen-bond acceptors (Lipinski definition) is 1. The van der Waals surface area contributed by atoms with Gasteiger partial charge in [0.25, 0.3) is 0 Å². The van der Waals surface area contributed by atoms with Crippen molar-refractivity contribution >= 4 is 0 Å². The molecule has 0 atom stereocenters. The fraction of sp³-hybridized carbons (Fsp3) is 0.556. The lowest BCUT2D eigenvalue weighted by Crippen LogP contribution is -2.20. The van der Waals surface area contributed by atoms with E-state index in [1.165, 1.54) is 0 Å². The molecule has 0 aliphatic carbocycles. The third-order valence-electron chi connectivity index (χ3n) is 1.70. The molecule has 1 nitrogen and oxygen atoms in total. The first-order valence-electron chi connectivity index (χ1n) is 3.26. The molecular weight excluding hydrogens is 124 g/mol. The predicted octanol–water partition coefficient (Wildman–Crippen LogP) is 1.73. The van der Waals surface area contributed by atoms with Gasteiger partial charge in [0.05, 0.1) is 5.60 Å². The molecule has 0 radical (unpaired) electrons. The van der Waals surface area contributed by atoms with E-state index in [1.54, 1.807) is 13.8 Å². The molecule has 0 saturated carbocycles. The van der Waals surface area contributed by atoms with E-state index in [2.05, 4.69) is 5.92 Å². The lowest BCUT2D eigenvalue weighted by molar-refractivity contribution is 0.119. The molecule has 0 aromatic heterocycles. The van der Waals surface area contributed by atoms with Crippen LogP contribution >= 0.6 is 0 Å². The summed E-state index contributed by atoms with van der Waals surface area (Å²) in [6.45, 7) is 7.12. The van der Waals surface area contributed by atoms with Crippen LogP contribution in [0.2, 0.25) is 0 Å². The summed E-state index contributed by atoms with van der Waals surface area (Å²) in [5, 5.41) is 9.43. The van der Waals surface area contributed by atoms with Gasteiger partial charge >= 0.3 is 0 Å². The number of rotatable bonds is 1. The van der Waals surface area contributed by atoms with Gasteiger partial charge < -0.3 is 5.11 Å². The van der Waals surface area contributed by atoms with E-state index >= 15 is 0 Å². The van der Waals surface area contributed by atoms with E-state index in [-0.39, 0.29) is 0 Å². The van der Waals surface area contributed by atoms with Gasteiger partial charge in [-0.3, -0.25) is 0 Å². The van der Waals surface area contributed by atoms with E-state index in [0.29, 0.717) is 0 Å². The van der Waals surface area contributed by atoms with Gasteiger partial charge in [0.2, 0.25) is 0 Å². The maximum atomic E-state index is 9.43.